The molecule has 8 heteroatoms. The molecule has 2 aliphatic rings. The van der Waals surface area contributed by atoms with Crippen molar-refractivity contribution in [2.75, 3.05) is 19.6 Å². The Balaban J connectivity index is 1.47. The van der Waals surface area contributed by atoms with Crippen LogP contribution >= 0.6 is 11.3 Å². The molecule has 0 unspecified atom stereocenters. The Bertz CT molecular complexity index is 776. The molecule has 1 saturated heterocycles. The summed E-state index contributed by atoms with van der Waals surface area (Å²) in [4.78, 5) is 22.8. The predicted octanol–water partition coefficient (Wildman–Crippen LogP) is 1.99. The van der Waals surface area contributed by atoms with Gasteiger partial charge in [0.2, 0.25) is 5.82 Å². The number of aryl methyl sites for hydroxylation is 2. The van der Waals surface area contributed by atoms with Crippen molar-refractivity contribution in [3.63, 3.8) is 0 Å². The minimum Gasteiger partial charge on any atom is -0.336 e. The average molecular weight is 360 g/mol. The van der Waals surface area contributed by atoms with Crippen LogP contribution in [0, 0.1) is 13.8 Å². The van der Waals surface area contributed by atoms with Gasteiger partial charge in [-0.3, -0.25) is 9.69 Å². The Morgan fingerprint density at radius 2 is 1.88 bits per heavy atom. The number of thiazole rings is 1. The molecule has 25 heavy (non-hydrogen) atoms. The number of carbonyl (C=O) groups excluding carboxylic acids is 1. The largest absolute Gasteiger partial charge is 0.336 e. The molecule has 7 nitrogen and oxygen atoms in total. The molecule has 0 N–H and O–H groups in total. The summed E-state index contributed by atoms with van der Waals surface area (Å²) in [5.41, 5.74) is 1.12. The third kappa shape index (κ3) is 3.32. The summed E-state index contributed by atoms with van der Waals surface area (Å²) < 4.78 is 2.01. The quantitative estimate of drug-likeness (QED) is 0.837. The van der Waals surface area contributed by atoms with Gasteiger partial charge in [-0.2, -0.15) is 0 Å². The summed E-state index contributed by atoms with van der Waals surface area (Å²) in [6.45, 7) is 9.10. The van der Waals surface area contributed by atoms with Crippen LogP contribution in [-0.2, 0) is 19.6 Å². The van der Waals surface area contributed by atoms with Gasteiger partial charge >= 0.3 is 0 Å². The third-order valence-corrected chi connectivity index (χ3v) is 6.09. The maximum atomic E-state index is 12.7. The first-order valence-electron chi connectivity index (χ1n) is 8.98. The maximum Gasteiger partial charge on any atom is 0.291 e. The van der Waals surface area contributed by atoms with E-state index in [-0.39, 0.29) is 5.91 Å². The van der Waals surface area contributed by atoms with Crippen LogP contribution < -0.4 is 0 Å². The highest BCUT2D eigenvalue weighted by atomic mass is 32.1. The second kappa shape index (κ2) is 6.84. The van der Waals surface area contributed by atoms with Gasteiger partial charge in [-0.15, -0.1) is 21.5 Å². The van der Waals surface area contributed by atoms with Crippen molar-refractivity contribution in [2.24, 2.45) is 0 Å². The molecule has 4 heterocycles. The smallest absolute Gasteiger partial charge is 0.291 e. The summed E-state index contributed by atoms with van der Waals surface area (Å²) in [6, 6.07) is 0. The van der Waals surface area contributed by atoms with Crippen molar-refractivity contribution in [3.05, 3.63) is 27.2 Å². The molecule has 2 aromatic rings. The molecule has 0 spiro atoms. The molecule has 1 fully saturated rings. The highest BCUT2D eigenvalue weighted by Gasteiger charge is 2.28. The van der Waals surface area contributed by atoms with E-state index in [9.17, 15) is 4.79 Å². The number of nitrogens with zero attached hydrogens (tertiary/aromatic N) is 6. The van der Waals surface area contributed by atoms with Gasteiger partial charge in [-0.25, -0.2) is 4.98 Å². The molecule has 0 aliphatic carbocycles. The van der Waals surface area contributed by atoms with Gasteiger partial charge in [0.15, 0.2) is 0 Å². The Labute approximate surface area is 151 Å². The summed E-state index contributed by atoms with van der Waals surface area (Å²) in [7, 11) is 0. The molecule has 0 radical (unpaired) electrons. The zero-order valence-corrected chi connectivity index (χ0v) is 15.7. The van der Waals surface area contributed by atoms with Crippen LogP contribution in [0.5, 0.6) is 0 Å². The van der Waals surface area contributed by atoms with Crippen molar-refractivity contribution in [2.45, 2.75) is 52.7 Å². The minimum absolute atomic E-state index is 0.0424. The van der Waals surface area contributed by atoms with E-state index in [2.05, 4.69) is 27.0 Å². The molecule has 1 amide bonds. The number of fused-ring (bicyclic) bond motifs is 1. The molecule has 2 aromatic heterocycles. The average Bonchev–Trinajstić information content (AvgIpc) is 3.17. The number of aromatic nitrogens is 4. The second-order valence-electron chi connectivity index (χ2n) is 6.90. The van der Waals surface area contributed by atoms with Crippen LogP contribution in [-0.4, -0.2) is 55.1 Å². The van der Waals surface area contributed by atoms with Crippen molar-refractivity contribution in [3.8, 4) is 0 Å². The van der Waals surface area contributed by atoms with E-state index in [0.29, 0.717) is 5.82 Å². The fraction of sp³-hybridized carbons (Fsp3) is 0.647. The van der Waals surface area contributed by atoms with Crippen LogP contribution in [0.25, 0.3) is 0 Å². The van der Waals surface area contributed by atoms with Crippen LogP contribution in [0.4, 0.5) is 0 Å². The summed E-state index contributed by atoms with van der Waals surface area (Å²) in [6.07, 6.45) is 3.40. The van der Waals surface area contributed by atoms with Gasteiger partial charge in [0.05, 0.1) is 17.2 Å². The summed E-state index contributed by atoms with van der Waals surface area (Å²) >= 11 is 1.76. The van der Waals surface area contributed by atoms with Gasteiger partial charge in [-0.05, 0) is 33.1 Å². The number of carbonyl (C=O) groups is 1. The number of amides is 1. The van der Waals surface area contributed by atoms with E-state index in [1.165, 1.54) is 11.3 Å². The second-order valence-corrected chi connectivity index (χ2v) is 8.18. The number of hydrogen-bond donors (Lipinski definition) is 0. The summed E-state index contributed by atoms with van der Waals surface area (Å²) in [5, 5.41) is 9.64. The standard InChI is InChI=1S/C17H24N6OS/c1-12-14(25-13(2)18-12)10-21-8-9-23-15(11-21)19-20-16(23)17(24)22-6-4-3-5-7-22/h3-11H2,1-2H3. The molecular formula is C17H24N6OS. The zero-order chi connectivity index (χ0) is 17.4. The predicted molar refractivity (Wildman–Crippen MR) is 95.5 cm³/mol. The molecule has 0 bridgehead atoms. The van der Waals surface area contributed by atoms with Crippen LogP contribution in [0.1, 0.15) is 51.3 Å². The normalized spacial score (nSPS) is 18.4. The molecule has 4 rings (SSSR count). The van der Waals surface area contributed by atoms with Gasteiger partial charge in [-0.1, -0.05) is 0 Å². The molecule has 0 aromatic carbocycles. The lowest BCUT2D eigenvalue weighted by molar-refractivity contribution is 0.0702. The van der Waals surface area contributed by atoms with Crippen molar-refractivity contribution >= 4 is 17.2 Å². The zero-order valence-electron chi connectivity index (χ0n) is 14.9. The Morgan fingerprint density at radius 1 is 1.08 bits per heavy atom. The maximum absolute atomic E-state index is 12.7. The first-order chi connectivity index (χ1) is 12.1. The number of rotatable bonds is 3. The van der Waals surface area contributed by atoms with Crippen molar-refractivity contribution in [1.82, 2.24) is 29.5 Å². The van der Waals surface area contributed by atoms with Gasteiger partial charge in [0.25, 0.3) is 5.91 Å². The SMILES string of the molecule is Cc1nc(C)c(CN2CCn3c(nnc3C(=O)N3CCCCC3)C2)s1. The number of likely N-dealkylation sites (tertiary alicyclic amines) is 1. The van der Waals surface area contributed by atoms with Crippen molar-refractivity contribution < 1.29 is 4.79 Å². The number of hydrogen-bond acceptors (Lipinski definition) is 6. The van der Waals surface area contributed by atoms with E-state index < -0.39 is 0 Å². The van der Waals surface area contributed by atoms with E-state index in [4.69, 9.17) is 0 Å². The van der Waals surface area contributed by atoms with E-state index in [0.717, 1.165) is 68.6 Å². The first kappa shape index (κ1) is 16.7. The van der Waals surface area contributed by atoms with Gasteiger partial charge < -0.3 is 9.47 Å². The first-order valence-corrected chi connectivity index (χ1v) is 9.80. The van der Waals surface area contributed by atoms with E-state index in [1.54, 1.807) is 11.3 Å². The van der Waals surface area contributed by atoms with Crippen molar-refractivity contribution in [1.29, 1.82) is 0 Å². The van der Waals surface area contributed by atoms with Crippen LogP contribution in [0.2, 0.25) is 0 Å². The Kier molecular flexibility index (Phi) is 4.56. The van der Waals surface area contributed by atoms with Crippen LogP contribution in [0.3, 0.4) is 0 Å². The minimum atomic E-state index is 0.0424. The molecule has 0 saturated carbocycles. The third-order valence-electron chi connectivity index (χ3n) is 5.03. The Hall–Kier alpha value is -1.80. The van der Waals surface area contributed by atoms with Gasteiger partial charge in [0, 0.05) is 37.6 Å². The fourth-order valence-corrected chi connectivity index (χ4v) is 4.64. The molecule has 134 valence electrons. The fourth-order valence-electron chi connectivity index (χ4n) is 3.66. The topological polar surface area (TPSA) is 67.2 Å². The molecular weight excluding hydrogens is 336 g/mol. The van der Waals surface area contributed by atoms with Crippen LogP contribution in [0.15, 0.2) is 0 Å². The monoisotopic (exact) mass is 360 g/mol. The number of piperidine rings is 1. The van der Waals surface area contributed by atoms with E-state index >= 15 is 0 Å². The lowest BCUT2D eigenvalue weighted by atomic mass is 10.1. The summed E-state index contributed by atoms with van der Waals surface area (Å²) in [5.74, 6) is 1.45. The lowest BCUT2D eigenvalue weighted by Gasteiger charge is -2.29. The molecule has 0 atom stereocenters. The van der Waals surface area contributed by atoms with E-state index in [1.807, 2.05) is 16.4 Å². The highest BCUT2D eigenvalue weighted by Crippen LogP contribution is 2.22. The lowest BCUT2D eigenvalue weighted by Crippen LogP contribution is -2.39. The highest BCUT2D eigenvalue weighted by molar-refractivity contribution is 7.11. The molecule has 2 aliphatic heterocycles. The Morgan fingerprint density at radius 3 is 2.60 bits per heavy atom. The van der Waals surface area contributed by atoms with Gasteiger partial charge in [0.1, 0.15) is 5.82 Å².